The molecule has 0 spiro atoms. The van der Waals surface area contributed by atoms with Gasteiger partial charge in [-0.2, -0.15) is 5.26 Å². The number of thioether (sulfide) groups is 1. The number of morpholine rings is 1. The maximum Gasteiger partial charge on any atom is 0.152 e. The summed E-state index contributed by atoms with van der Waals surface area (Å²) in [6.45, 7) is 4.39. The highest BCUT2D eigenvalue weighted by atomic mass is 32.2. The van der Waals surface area contributed by atoms with Crippen molar-refractivity contribution >= 4 is 23.3 Å². The van der Waals surface area contributed by atoms with Crippen molar-refractivity contribution in [2.24, 2.45) is 0 Å². The molecule has 1 aromatic heterocycles. The van der Waals surface area contributed by atoms with Gasteiger partial charge in [-0.15, -0.1) is 11.8 Å². The SMILES string of the molecule is CSc1ncnc(Nc2cccc(CN3CCOCC3)c2)c1C#N. The highest BCUT2D eigenvalue weighted by Crippen LogP contribution is 2.25. The highest BCUT2D eigenvalue weighted by molar-refractivity contribution is 7.98. The van der Waals surface area contributed by atoms with Crippen molar-refractivity contribution in [1.82, 2.24) is 14.9 Å². The van der Waals surface area contributed by atoms with Crippen LogP contribution in [-0.4, -0.2) is 47.4 Å². The second-order valence-corrected chi connectivity index (χ2v) is 6.23. The maximum atomic E-state index is 9.38. The van der Waals surface area contributed by atoms with Gasteiger partial charge in [0.2, 0.25) is 0 Å². The van der Waals surface area contributed by atoms with Crippen LogP contribution in [0.15, 0.2) is 35.6 Å². The predicted octanol–water partition coefficient (Wildman–Crippen LogP) is 2.65. The molecular weight excluding hydrogens is 322 g/mol. The summed E-state index contributed by atoms with van der Waals surface area (Å²) < 4.78 is 5.39. The molecule has 0 unspecified atom stereocenters. The van der Waals surface area contributed by atoms with Gasteiger partial charge in [0.15, 0.2) is 5.82 Å². The van der Waals surface area contributed by atoms with E-state index < -0.39 is 0 Å². The lowest BCUT2D eigenvalue weighted by molar-refractivity contribution is 0.0342. The molecule has 1 aliphatic rings. The Morgan fingerprint density at radius 2 is 2.17 bits per heavy atom. The Morgan fingerprint density at radius 1 is 1.33 bits per heavy atom. The molecule has 1 aromatic carbocycles. The summed E-state index contributed by atoms with van der Waals surface area (Å²) in [4.78, 5) is 10.7. The van der Waals surface area contributed by atoms with Crippen LogP contribution in [0, 0.1) is 11.3 Å². The van der Waals surface area contributed by atoms with E-state index in [2.05, 4.69) is 38.4 Å². The van der Waals surface area contributed by atoms with E-state index in [-0.39, 0.29) is 0 Å². The fraction of sp³-hybridized carbons (Fsp3) is 0.353. The topological polar surface area (TPSA) is 74.1 Å². The fourth-order valence-corrected chi connectivity index (χ4v) is 3.12. The molecule has 0 amide bonds. The van der Waals surface area contributed by atoms with Gasteiger partial charge in [0.1, 0.15) is 23.0 Å². The molecular formula is C17H19N5OS. The quantitative estimate of drug-likeness (QED) is 0.662. The first-order valence-electron chi connectivity index (χ1n) is 7.75. The third-order valence-corrected chi connectivity index (χ3v) is 4.51. The van der Waals surface area contributed by atoms with Gasteiger partial charge in [-0.3, -0.25) is 4.90 Å². The molecule has 1 fully saturated rings. The lowest BCUT2D eigenvalue weighted by atomic mass is 10.1. The van der Waals surface area contributed by atoms with Crippen LogP contribution in [0.5, 0.6) is 0 Å². The van der Waals surface area contributed by atoms with Crippen LogP contribution < -0.4 is 5.32 Å². The number of hydrogen-bond donors (Lipinski definition) is 1. The van der Waals surface area contributed by atoms with E-state index in [0.717, 1.165) is 38.5 Å². The van der Waals surface area contributed by atoms with Crippen LogP contribution in [0.25, 0.3) is 0 Å². The van der Waals surface area contributed by atoms with Gasteiger partial charge in [0.05, 0.1) is 13.2 Å². The number of nitrogens with zero attached hydrogens (tertiary/aromatic N) is 4. The summed E-state index contributed by atoms with van der Waals surface area (Å²) in [5.41, 5.74) is 2.62. The number of hydrogen-bond acceptors (Lipinski definition) is 7. The molecule has 1 saturated heterocycles. The fourth-order valence-electron chi connectivity index (χ4n) is 2.62. The van der Waals surface area contributed by atoms with Crippen LogP contribution in [0.3, 0.4) is 0 Å². The van der Waals surface area contributed by atoms with E-state index in [1.54, 1.807) is 0 Å². The van der Waals surface area contributed by atoms with Gasteiger partial charge in [-0.25, -0.2) is 9.97 Å². The molecule has 124 valence electrons. The Bertz CT molecular complexity index is 740. The van der Waals surface area contributed by atoms with Gasteiger partial charge in [-0.1, -0.05) is 12.1 Å². The maximum absolute atomic E-state index is 9.38. The molecule has 7 heteroatoms. The van der Waals surface area contributed by atoms with Crippen molar-refractivity contribution in [3.63, 3.8) is 0 Å². The van der Waals surface area contributed by atoms with Crippen molar-refractivity contribution in [2.45, 2.75) is 11.6 Å². The Hall–Kier alpha value is -2.14. The van der Waals surface area contributed by atoms with Crippen molar-refractivity contribution in [1.29, 1.82) is 5.26 Å². The molecule has 6 nitrogen and oxygen atoms in total. The van der Waals surface area contributed by atoms with Crippen molar-refractivity contribution in [2.75, 3.05) is 37.9 Å². The number of benzene rings is 1. The van der Waals surface area contributed by atoms with Crippen LogP contribution >= 0.6 is 11.8 Å². The number of rotatable bonds is 5. The van der Waals surface area contributed by atoms with Gasteiger partial charge < -0.3 is 10.1 Å². The number of nitrogens with one attached hydrogen (secondary N) is 1. The second-order valence-electron chi connectivity index (χ2n) is 5.43. The lowest BCUT2D eigenvalue weighted by Crippen LogP contribution is -2.35. The molecule has 1 N–H and O–H groups in total. The zero-order valence-corrected chi connectivity index (χ0v) is 14.3. The lowest BCUT2D eigenvalue weighted by Gasteiger charge is -2.26. The molecule has 24 heavy (non-hydrogen) atoms. The van der Waals surface area contributed by atoms with Crippen molar-refractivity contribution in [3.8, 4) is 6.07 Å². The largest absolute Gasteiger partial charge is 0.379 e. The minimum atomic E-state index is 0.476. The van der Waals surface area contributed by atoms with Crippen molar-refractivity contribution < 1.29 is 4.74 Å². The summed E-state index contributed by atoms with van der Waals surface area (Å²) in [7, 11) is 0. The van der Waals surface area contributed by atoms with E-state index in [9.17, 15) is 5.26 Å². The first kappa shape index (κ1) is 16.7. The Labute approximate surface area is 145 Å². The van der Waals surface area contributed by atoms with Crippen LogP contribution in [0.4, 0.5) is 11.5 Å². The summed E-state index contributed by atoms with van der Waals surface area (Å²) in [5.74, 6) is 0.542. The summed E-state index contributed by atoms with van der Waals surface area (Å²) in [5, 5.41) is 13.3. The molecule has 0 radical (unpaired) electrons. The molecule has 0 atom stereocenters. The molecule has 2 heterocycles. The third-order valence-electron chi connectivity index (χ3n) is 3.82. The standard InChI is InChI=1S/C17H19N5OS/c1-24-17-15(10-18)16(19-12-20-17)21-14-4-2-3-13(9-14)11-22-5-7-23-8-6-22/h2-4,9,12H,5-8,11H2,1H3,(H,19,20,21). The first-order chi connectivity index (χ1) is 11.8. The summed E-state index contributed by atoms with van der Waals surface area (Å²) in [6, 6.07) is 10.4. The number of ether oxygens (including phenoxy) is 1. The predicted molar refractivity (Wildman–Crippen MR) is 94.3 cm³/mol. The Morgan fingerprint density at radius 3 is 2.92 bits per heavy atom. The van der Waals surface area contributed by atoms with E-state index in [1.807, 2.05) is 18.4 Å². The average molecular weight is 341 g/mol. The van der Waals surface area contributed by atoms with Crippen LogP contribution in [0.2, 0.25) is 0 Å². The van der Waals surface area contributed by atoms with Crippen LogP contribution in [0.1, 0.15) is 11.1 Å². The monoisotopic (exact) mass is 341 g/mol. The van der Waals surface area contributed by atoms with E-state index in [0.29, 0.717) is 16.4 Å². The normalized spacial score (nSPS) is 15.0. The minimum Gasteiger partial charge on any atom is -0.379 e. The average Bonchev–Trinajstić information content (AvgIpc) is 2.62. The molecule has 2 aromatic rings. The Kier molecular flexibility index (Phi) is 5.64. The van der Waals surface area contributed by atoms with Gasteiger partial charge in [0.25, 0.3) is 0 Å². The van der Waals surface area contributed by atoms with E-state index >= 15 is 0 Å². The molecule has 1 aliphatic heterocycles. The second kappa shape index (κ2) is 8.11. The zero-order valence-electron chi connectivity index (χ0n) is 13.5. The molecule has 3 rings (SSSR count). The zero-order chi connectivity index (χ0) is 16.8. The van der Waals surface area contributed by atoms with Crippen LogP contribution in [-0.2, 0) is 11.3 Å². The third kappa shape index (κ3) is 4.03. The first-order valence-corrected chi connectivity index (χ1v) is 8.98. The Balaban J connectivity index is 1.76. The highest BCUT2D eigenvalue weighted by Gasteiger charge is 2.12. The van der Waals surface area contributed by atoms with Gasteiger partial charge in [-0.05, 0) is 24.0 Å². The van der Waals surface area contributed by atoms with E-state index in [4.69, 9.17) is 4.74 Å². The van der Waals surface area contributed by atoms with Gasteiger partial charge >= 0.3 is 0 Å². The minimum absolute atomic E-state index is 0.476. The summed E-state index contributed by atoms with van der Waals surface area (Å²) in [6.07, 6.45) is 3.38. The number of aromatic nitrogens is 2. The smallest absolute Gasteiger partial charge is 0.152 e. The molecule has 0 saturated carbocycles. The van der Waals surface area contributed by atoms with Crippen molar-refractivity contribution in [3.05, 3.63) is 41.7 Å². The molecule has 0 aliphatic carbocycles. The van der Waals surface area contributed by atoms with E-state index in [1.165, 1.54) is 23.7 Å². The molecule has 0 bridgehead atoms. The number of nitriles is 1. The summed E-state index contributed by atoms with van der Waals surface area (Å²) >= 11 is 1.44. The number of anilines is 2. The van der Waals surface area contributed by atoms with Gasteiger partial charge in [0, 0.05) is 25.3 Å².